The normalized spacial score (nSPS) is 34.6. The van der Waals surface area contributed by atoms with E-state index in [9.17, 15) is 30.0 Å². The fraction of sp³-hybridized carbons (Fsp3) is 0.833. The Labute approximate surface area is 126 Å². The van der Waals surface area contributed by atoms with Gasteiger partial charge < -0.3 is 40.3 Å². The van der Waals surface area contributed by atoms with E-state index in [1.54, 1.807) is 0 Å². The molecule has 10 nitrogen and oxygen atoms in total. The molecule has 1 aliphatic rings. The molecule has 6 N–H and O–H groups in total. The smallest absolute Gasteiger partial charge is 0.366 e. The van der Waals surface area contributed by atoms with Gasteiger partial charge in [-0.25, -0.2) is 4.79 Å². The van der Waals surface area contributed by atoms with Crippen molar-refractivity contribution in [2.75, 3.05) is 13.7 Å². The maximum atomic E-state index is 11.6. The zero-order valence-corrected chi connectivity index (χ0v) is 12.2. The van der Waals surface area contributed by atoms with E-state index in [2.05, 4.69) is 10.1 Å². The SMILES string of the molecule is COC(=O)[C@@]1(O)C[C@@H](O)[C@@H](NC(C)=O)[C@H]([C@@H](O)[C@@H](O)CO)O1. The van der Waals surface area contributed by atoms with E-state index < -0.39 is 61.1 Å². The first kappa shape index (κ1) is 18.7. The zero-order valence-electron chi connectivity index (χ0n) is 12.2. The summed E-state index contributed by atoms with van der Waals surface area (Å²) in [5.41, 5.74) is 0. The van der Waals surface area contributed by atoms with Crippen LogP contribution in [0.3, 0.4) is 0 Å². The third kappa shape index (κ3) is 3.91. The Morgan fingerprint density at radius 1 is 1.45 bits per heavy atom. The summed E-state index contributed by atoms with van der Waals surface area (Å²) in [7, 11) is 0.990. The van der Waals surface area contributed by atoms with E-state index in [-0.39, 0.29) is 0 Å². The van der Waals surface area contributed by atoms with E-state index in [1.807, 2.05) is 0 Å². The number of hydrogen-bond acceptors (Lipinski definition) is 9. The number of rotatable bonds is 5. The third-order valence-electron chi connectivity index (χ3n) is 3.38. The molecule has 1 rings (SSSR count). The molecule has 0 saturated carbocycles. The Morgan fingerprint density at radius 2 is 2.05 bits per heavy atom. The number of nitrogens with one attached hydrogen (secondary N) is 1. The molecule has 1 saturated heterocycles. The molecule has 0 aromatic carbocycles. The quantitative estimate of drug-likeness (QED) is 0.278. The van der Waals surface area contributed by atoms with Gasteiger partial charge in [0.2, 0.25) is 5.91 Å². The lowest BCUT2D eigenvalue weighted by Gasteiger charge is -2.45. The highest BCUT2D eigenvalue weighted by molar-refractivity contribution is 5.78. The number of aliphatic hydroxyl groups excluding tert-OH is 4. The lowest BCUT2D eigenvalue weighted by molar-refractivity contribution is -0.296. The molecular formula is C12H21NO9. The van der Waals surface area contributed by atoms with Gasteiger partial charge in [-0.1, -0.05) is 0 Å². The van der Waals surface area contributed by atoms with E-state index in [0.717, 1.165) is 14.0 Å². The van der Waals surface area contributed by atoms with E-state index in [0.29, 0.717) is 0 Å². The van der Waals surface area contributed by atoms with Crippen LogP contribution in [0.4, 0.5) is 0 Å². The van der Waals surface area contributed by atoms with E-state index in [1.165, 1.54) is 0 Å². The van der Waals surface area contributed by atoms with Crippen molar-refractivity contribution in [3.8, 4) is 0 Å². The Bertz CT molecular complexity index is 417. The zero-order chi connectivity index (χ0) is 17.1. The van der Waals surface area contributed by atoms with Crippen molar-refractivity contribution in [1.82, 2.24) is 5.32 Å². The Kier molecular flexibility index (Phi) is 6.23. The molecule has 22 heavy (non-hydrogen) atoms. The van der Waals surface area contributed by atoms with Crippen molar-refractivity contribution in [3.63, 3.8) is 0 Å². The van der Waals surface area contributed by atoms with Gasteiger partial charge in [0.15, 0.2) is 0 Å². The summed E-state index contributed by atoms with van der Waals surface area (Å²) in [6.07, 6.45) is -7.09. The van der Waals surface area contributed by atoms with Crippen molar-refractivity contribution in [2.45, 2.75) is 49.6 Å². The van der Waals surface area contributed by atoms with Crippen LogP contribution in [-0.4, -0.2) is 87.4 Å². The average Bonchev–Trinajstić information content (AvgIpc) is 2.46. The van der Waals surface area contributed by atoms with Crippen molar-refractivity contribution in [3.05, 3.63) is 0 Å². The fourth-order valence-electron chi connectivity index (χ4n) is 2.29. The molecule has 0 radical (unpaired) electrons. The van der Waals surface area contributed by atoms with Crippen molar-refractivity contribution in [2.24, 2.45) is 0 Å². The molecule has 0 aromatic heterocycles. The van der Waals surface area contributed by atoms with Crippen LogP contribution in [0.1, 0.15) is 13.3 Å². The second-order valence-electron chi connectivity index (χ2n) is 5.10. The van der Waals surface area contributed by atoms with Crippen molar-refractivity contribution in [1.29, 1.82) is 0 Å². The van der Waals surface area contributed by atoms with Crippen molar-refractivity contribution >= 4 is 11.9 Å². The molecule has 10 heteroatoms. The molecule has 0 aliphatic carbocycles. The van der Waals surface area contributed by atoms with E-state index >= 15 is 0 Å². The highest BCUT2D eigenvalue weighted by atomic mass is 16.7. The number of esters is 1. The number of amides is 1. The van der Waals surface area contributed by atoms with Crippen LogP contribution in [0.15, 0.2) is 0 Å². The second kappa shape index (κ2) is 7.31. The molecule has 6 atom stereocenters. The van der Waals surface area contributed by atoms with Crippen LogP contribution in [0, 0.1) is 0 Å². The second-order valence-corrected chi connectivity index (χ2v) is 5.10. The highest BCUT2D eigenvalue weighted by Gasteiger charge is 2.54. The molecule has 0 unspecified atom stereocenters. The molecule has 1 aliphatic heterocycles. The van der Waals surface area contributed by atoms with Crippen LogP contribution in [-0.2, 0) is 19.1 Å². The Balaban J connectivity index is 3.09. The standard InChI is InChI=1S/C12H21NO9/c1-5(15)13-8-6(16)3-12(20,11(19)21-2)22-10(8)9(18)7(17)4-14/h6-10,14,16-18,20H,3-4H2,1-2H3,(H,13,15)/t6-,7+,8-,9+,10-,12-/m1/s1. The fourth-order valence-corrected chi connectivity index (χ4v) is 2.29. The number of aliphatic hydroxyl groups is 5. The monoisotopic (exact) mass is 323 g/mol. The van der Waals surface area contributed by atoms with Gasteiger partial charge in [-0.3, -0.25) is 4.79 Å². The molecule has 0 spiro atoms. The van der Waals surface area contributed by atoms with Gasteiger partial charge in [0.05, 0.1) is 25.9 Å². The van der Waals surface area contributed by atoms with Gasteiger partial charge in [0.1, 0.15) is 18.3 Å². The Morgan fingerprint density at radius 3 is 2.50 bits per heavy atom. The van der Waals surface area contributed by atoms with Crippen molar-refractivity contribution < 1.29 is 44.6 Å². The Hall–Kier alpha value is -1.30. The van der Waals surface area contributed by atoms with Gasteiger partial charge in [0.25, 0.3) is 5.79 Å². The average molecular weight is 323 g/mol. The summed E-state index contributed by atoms with van der Waals surface area (Å²) in [4.78, 5) is 22.8. The predicted molar refractivity (Wildman–Crippen MR) is 69.2 cm³/mol. The lowest BCUT2D eigenvalue weighted by Crippen LogP contribution is -2.67. The number of hydrogen-bond donors (Lipinski definition) is 6. The molecule has 0 aromatic rings. The topological polar surface area (TPSA) is 166 Å². The van der Waals surface area contributed by atoms with Gasteiger partial charge in [-0.15, -0.1) is 0 Å². The van der Waals surface area contributed by atoms with Crippen LogP contribution < -0.4 is 5.32 Å². The number of ether oxygens (including phenoxy) is 2. The summed E-state index contributed by atoms with van der Waals surface area (Å²) >= 11 is 0. The largest absolute Gasteiger partial charge is 0.465 e. The highest BCUT2D eigenvalue weighted by Crippen LogP contribution is 2.31. The van der Waals surface area contributed by atoms with Gasteiger partial charge in [-0.2, -0.15) is 0 Å². The first-order chi connectivity index (χ1) is 10.2. The minimum Gasteiger partial charge on any atom is -0.465 e. The summed E-state index contributed by atoms with van der Waals surface area (Å²) in [6.45, 7) is 0.320. The summed E-state index contributed by atoms with van der Waals surface area (Å²) in [5, 5.41) is 50.8. The van der Waals surface area contributed by atoms with Crippen LogP contribution >= 0.6 is 0 Å². The summed E-state index contributed by atoms with van der Waals surface area (Å²) in [6, 6.07) is -1.21. The minimum atomic E-state index is -2.55. The molecule has 1 amide bonds. The maximum absolute atomic E-state index is 11.6. The molecular weight excluding hydrogens is 302 g/mol. The van der Waals surface area contributed by atoms with Crippen LogP contribution in [0.2, 0.25) is 0 Å². The molecule has 1 fully saturated rings. The van der Waals surface area contributed by atoms with Gasteiger partial charge in [0, 0.05) is 13.3 Å². The van der Waals surface area contributed by atoms with Gasteiger partial charge >= 0.3 is 5.97 Å². The molecule has 128 valence electrons. The van der Waals surface area contributed by atoms with E-state index in [4.69, 9.17) is 9.84 Å². The first-order valence-electron chi connectivity index (χ1n) is 6.57. The van der Waals surface area contributed by atoms with Crippen LogP contribution in [0.25, 0.3) is 0 Å². The first-order valence-corrected chi connectivity index (χ1v) is 6.57. The minimum absolute atomic E-state index is 0.563. The number of carbonyl (C=O) groups excluding carboxylic acids is 2. The van der Waals surface area contributed by atoms with Gasteiger partial charge in [-0.05, 0) is 0 Å². The molecule has 0 bridgehead atoms. The third-order valence-corrected chi connectivity index (χ3v) is 3.38. The molecule has 1 heterocycles. The predicted octanol–water partition coefficient (Wildman–Crippen LogP) is -3.78. The number of methoxy groups -OCH3 is 1. The maximum Gasteiger partial charge on any atom is 0.366 e. The lowest BCUT2D eigenvalue weighted by atomic mass is 9.88. The summed E-state index contributed by atoms with van der Waals surface area (Å²) < 4.78 is 9.45. The summed E-state index contributed by atoms with van der Waals surface area (Å²) in [5.74, 6) is -4.32. The number of carbonyl (C=O) groups is 2. The van der Waals surface area contributed by atoms with Crippen LogP contribution in [0.5, 0.6) is 0 Å².